The van der Waals surface area contributed by atoms with Crippen molar-refractivity contribution >= 4 is 11.4 Å². The van der Waals surface area contributed by atoms with E-state index in [1.54, 1.807) is 0 Å². The minimum atomic E-state index is 0.582. The fourth-order valence-electron chi connectivity index (χ4n) is 3.68. The van der Waals surface area contributed by atoms with Gasteiger partial charge in [0.15, 0.2) is 0 Å². The highest BCUT2D eigenvalue weighted by Gasteiger charge is 2.22. The van der Waals surface area contributed by atoms with E-state index in [1.165, 1.54) is 39.2 Å². The molecule has 0 bridgehead atoms. The Balaban J connectivity index is 2.04. The summed E-state index contributed by atoms with van der Waals surface area (Å²) in [5, 5.41) is 0. The van der Waals surface area contributed by atoms with Crippen LogP contribution in [0.4, 0.5) is 11.4 Å². The van der Waals surface area contributed by atoms with Gasteiger partial charge in [-0.05, 0) is 47.2 Å². The van der Waals surface area contributed by atoms with Gasteiger partial charge in [-0.3, -0.25) is 0 Å². The highest BCUT2D eigenvalue weighted by Crippen LogP contribution is 2.47. The first-order valence-corrected chi connectivity index (χ1v) is 8.77. The molecule has 0 saturated heterocycles. The van der Waals surface area contributed by atoms with Crippen molar-refractivity contribution < 1.29 is 0 Å². The van der Waals surface area contributed by atoms with E-state index >= 15 is 0 Å². The Kier molecular flexibility index (Phi) is 3.65. The molecule has 1 heterocycles. The Morgan fingerprint density at radius 3 is 2.04 bits per heavy atom. The van der Waals surface area contributed by atoms with Crippen LogP contribution in [0.3, 0.4) is 0 Å². The number of hydrogen-bond acceptors (Lipinski definition) is 1. The zero-order valence-corrected chi connectivity index (χ0v) is 14.6. The van der Waals surface area contributed by atoms with Crippen LogP contribution < -0.4 is 4.90 Å². The van der Waals surface area contributed by atoms with Crippen LogP contribution in [0.5, 0.6) is 0 Å². The molecule has 1 aliphatic heterocycles. The van der Waals surface area contributed by atoms with E-state index < -0.39 is 0 Å². The lowest BCUT2D eigenvalue weighted by Gasteiger charge is -2.23. The smallest absolute Gasteiger partial charge is 0.0488 e. The number of rotatable bonds is 2. The molecule has 1 unspecified atom stereocenters. The summed E-state index contributed by atoms with van der Waals surface area (Å²) < 4.78 is 0. The van der Waals surface area contributed by atoms with Gasteiger partial charge in [-0.15, -0.1) is 0 Å². The van der Waals surface area contributed by atoms with Crippen molar-refractivity contribution in [2.75, 3.05) is 11.9 Å². The van der Waals surface area contributed by atoms with Crippen molar-refractivity contribution in [3.8, 4) is 22.3 Å². The van der Waals surface area contributed by atoms with E-state index in [2.05, 4.69) is 92.5 Å². The largest absolute Gasteiger partial charge is 0.344 e. The Bertz CT molecular complexity index is 894. The van der Waals surface area contributed by atoms with Gasteiger partial charge in [0.1, 0.15) is 0 Å². The number of benzene rings is 3. The van der Waals surface area contributed by atoms with Crippen LogP contribution in [-0.4, -0.2) is 7.05 Å². The van der Waals surface area contributed by atoms with Crippen LogP contribution in [0.25, 0.3) is 22.3 Å². The summed E-state index contributed by atoms with van der Waals surface area (Å²) in [6, 6.07) is 24.4. The molecular weight excluding hydrogens is 290 g/mol. The SMILES string of the molecule is CCC(C)c1ccc2c(c1)-c1ccccc1-c1ccccc1N2C. The molecule has 24 heavy (non-hydrogen) atoms. The quantitative estimate of drug-likeness (QED) is 0.514. The van der Waals surface area contributed by atoms with Gasteiger partial charge in [-0.1, -0.05) is 62.4 Å². The molecule has 0 saturated carbocycles. The van der Waals surface area contributed by atoms with Crippen molar-refractivity contribution in [3.05, 3.63) is 72.3 Å². The van der Waals surface area contributed by atoms with Gasteiger partial charge >= 0.3 is 0 Å². The van der Waals surface area contributed by atoms with E-state index in [-0.39, 0.29) is 0 Å². The predicted octanol–water partition coefficient (Wildman–Crippen LogP) is 6.62. The highest BCUT2D eigenvalue weighted by atomic mass is 15.1. The van der Waals surface area contributed by atoms with Crippen LogP contribution in [0, 0.1) is 0 Å². The fraction of sp³-hybridized carbons (Fsp3) is 0.217. The zero-order valence-electron chi connectivity index (χ0n) is 14.6. The highest BCUT2D eigenvalue weighted by molar-refractivity contribution is 5.99. The lowest BCUT2D eigenvalue weighted by Crippen LogP contribution is -2.10. The standard InChI is InChI=1S/C23H23N/c1-4-16(2)17-13-14-23-21(15-17)19-10-6-5-9-18(19)20-11-7-8-12-22(20)24(23)3/h5-16H,4H2,1-3H3. The van der Waals surface area contributed by atoms with Crippen LogP contribution in [0.15, 0.2) is 66.7 Å². The summed E-state index contributed by atoms with van der Waals surface area (Å²) in [6.07, 6.45) is 1.16. The van der Waals surface area contributed by atoms with Crippen molar-refractivity contribution in [2.24, 2.45) is 0 Å². The lowest BCUT2D eigenvalue weighted by atomic mass is 9.91. The van der Waals surface area contributed by atoms with Crippen molar-refractivity contribution in [3.63, 3.8) is 0 Å². The van der Waals surface area contributed by atoms with E-state index in [1.807, 2.05) is 0 Å². The second-order valence-corrected chi connectivity index (χ2v) is 6.71. The first-order chi connectivity index (χ1) is 11.7. The van der Waals surface area contributed by atoms with Gasteiger partial charge in [0.25, 0.3) is 0 Å². The molecule has 0 fully saturated rings. The number of para-hydroxylation sites is 1. The molecule has 1 nitrogen and oxygen atoms in total. The van der Waals surface area contributed by atoms with Gasteiger partial charge in [-0.25, -0.2) is 0 Å². The summed E-state index contributed by atoms with van der Waals surface area (Å²) in [5.41, 5.74) is 9.25. The first-order valence-electron chi connectivity index (χ1n) is 8.77. The second kappa shape index (κ2) is 5.83. The summed E-state index contributed by atoms with van der Waals surface area (Å²) in [6.45, 7) is 4.56. The van der Waals surface area contributed by atoms with Crippen LogP contribution in [0.1, 0.15) is 31.7 Å². The lowest BCUT2D eigenvalue weighted by molar-refractivity contribution is 0.734. The molecule has 0 amide bonds. The maximum Gasteiger partial charge on any atom is 0.0488 e. The molecule has 0 N–H and O–H groups in total. The summed E-state index contributed by atoms with van der Waals surface area (Å²) in [4.78, 5) is 2.32. The van der Waals surface area contributed by atoms with Crippen LogP contribution in [0.2, 0.25) is 0 Å². The van der Waals surface area contributed by atoms with E-state index in [0.717, 1.165) is 6.42 Å². The summed E-state index contributed by atoms with van der Waals surface area (Å²) >= 11 is 0. The van der Waals surface area contributed by atoms with Gasteiger partial charge < -0.3 is 4.90 Å². The Morgan fingerprint density at radius 2 is 1.33 bits per heavy atom. The second-order valence-electron chi connectivity index (χ2n) is 6.71. The van der Waals surface area contributed by atoms with Crippen molar-refractivity contribution in [1.82, 2.24) is 0 Å². The third-order valence-corrected chi connectivity index (χ3v) is 5.34. The zero-order chi connectivity index (χ0) is 16.7. The molecule has 0 aliphatic carbocycles. The normalized spacial score (nSPS) is 13.5. The van der Waals surface area contributed by atoms with Crippen LogP contribution >= 0.6 is 0 Å². The third-order valence-electron chi connectivity index (χ3n) is 5.34. The van der Waals surface area contributed by atoms with Crippen LogP contribution in [-0.2, 0) is 0 Å². The minimum Gasteiger partial charge on any atom is -0.344 e. The molecule has 0 radical (unpaired) electrons. The molecule has 3 aromatic rings. The third kappa shape index (κ3) is 2.24. The molecule has 120 valence electrons. The summed E-state index contributed by atoms with van der Waals surface area (Å²) in [7, 11) is 2.17. The number of hydrogen-bond donors (Lipinski definition) is 0. The molecule has 1 atom stereocenters. The Hall–Kier alpha value is -2.54. The summed E-state index contributed by atoms with van der Waals surface area (Å²) in [5.74, 6) is 0.582. The first kappa shape index (κ1) is 15.0. The average molecular weight is 313 g/mol. The maximum atomic E-state index is 2.39. The average Bonchev–Trinajstić information content (AvgIpc) is 2.75. The van der Waals surface area contributed by atoms with Gasteiger partial charge in [0.05, 0.1) is 0 Å². The predicted molar refractivity (Wildman–Crippen MR) is 104 cm³/mol. The monoisotopic (exact) mass is 313 g/mol. The van der Waals surface area contributed by atoms with E-state index in [0.29, 0.717) is 5.92 Å². The molecule has 1 heteroatoms. The van der Waals surface area contributed by atoms with Crippen molar-refractivity contribution in [2.45, 2.75) is 26.2 Å². The number of nitrogens with zero attached hydrogens (tertiary/aromatic N) is 1. The van der Waals surface area contributed by atoms with Crippen molar-refractivity contribution in [1.29, 1.82) is 0 Å². The minimum absolute atomic E-state index is 0.582. The Morgan fingerprint density at radius 1 is 0.750 bits per heavy atom. The molecule has 1 aliphatic rings. The molecule has 0 aromatic heterocycles. The van der Waals surface area contributed by atoms with E-state index in [4.69, 9.17) is 0 Å². The Labute approximate surface area is 144 Å². The number of fused-ring (bicyclic) bond motifs is 5. The van der Waals surface area contributed by atoms with E-state index in [9.17, 15) is 0 Å². The molecular formula is C23H23N. The fourth-order valence-corrected chi connectivity index (χ4v) is 3.68. The van der Waals surface area contributed by atoms with Gasteiger partial charge in [0.2, 0.25) is 0 Å². The van der Waals surface area contributed by atoms with Gasteiger partial charge in [-0.2, -0.15) is 0 Å². The van der Waals surface area contributed by atoms with Gasteiger partial charge in [0, 0.05) is 29.5 Å². The molecule has 3 aromatic carbocycles. The molecule has 4 rings (SSSR count). The molecule has 0 spiro atoms. The number of anilines is 2. The topological polar surface area (TPSA) is 3.24 Å². The maximum absolute atomic E-state index is 2.39.